The Balaban J connectivity index is 1.66. The van der Waals surface area contributed by atoms with Crippen molar-refractivity contribution in [2.75, 3.05) is 0 Å². The lowest BCUT2D eigenvalue weighted by Gasteiger charge is -2.18. The fourth-order valence-electron chi connectivity index (χ4n) is 2.48. The highest BCUT2D eigenvalue weighted by Crippen LogP contribution is 2.16. The molecular formula is C24H22N2O3. The molecule has 3 aromatic carbocycles. The number of carbonyl (C=O) groups is 1. The van der Waals surface area contributed by atoms with Crippen LogP contribution in [-0.2, 0) is 4.79 Å². The zero-order valence-corrected chi connectivity index (χ0v) is 16.1. The number of hydrogen-bond acceptors (Lipinski definition) is 4. The highest BCUT2D eigenvalue weighted by molar-refractivity contribution is 5.86. The number of para-hydroxylation sites is 2. The van der Waals surface area contributed by atoms with Gasteiger partial charge in [-0.25, -0.2) is 5.43 Å². The van der Waals surface area contributed by atoms with Crippen molar-refractivity contribution in [3.63, 3.8) is 0 Å². The molecule has 0 spiro atoms. The van der Waals surface area contributed by atoms with E-state index in [2.05, 4.69) is 10.5 Å². The van der Waals surface area contributed by atoms with E-state index in [0.29, 0.717) is 11.5 Å². The first-order chi connectivity index (χ1) is 14.2. The Morgan fingerprint density at radius 1 is 0.828 bits per heavy atom. The Kier molecular flexibility index (Phi) is 7.18. The van der Waals surface area contributed by atoms with Crippen molar-refractivity contribution in [1.82, 2.24) is 5.43 Å². The van der Waals surface area contributed by atoms with Gasteiger partial charge in [0.15, 0.2) is 0 Å². The normalized spacial score (nSPS) is 11.4. The second-order valence-corrected chi connectivity index (χ2v) is 6.23. The maximum Gasteiger partial charge on any atom is 0.323 e. The third kappa shape index (κ3) is 6.66. The van der Waals surface area contributed by atoms with Crippen LogP contribution < -0.4 is 14.9 Å². The number of hydrazone groups is 1. The van der Waals surface area contributed by atoms with Gasteiger partial charge < -0.3 is 9.47 Å². The molecule has 0 bridgehead atoms. The molecule has 3 rings (SSSR count). The van der Waals surface area contributed by atoms with Crippen LogP contribution in [0.3, 0.4) is 0 Å². The summed E-state index contributed by atoms with van der Waals surface area (Å²) in [6.45, 7) is 1.90. The third-order valence-corrected chi connectivity index (χ3v) is 3.82. The standard InChI is InChI=1S/C24H22N2O3/c1-19(17-20-11-5-2-6-12-20)18-25-26-23(27)24(28-21-13-7-3-8-14-21)29-22-15-9-4-10-16-22/h2-18,24H,1H3,(H,26,27)/b19-17-,25-18-. The van der Waals surface area contributed by atoms with Gasteiger partial charge in [0.25, 0.3) is 0 Å². The van der Waals surface area contributed by atoms with E-state index in [-0.39, 0.29) is 0 Å². The fourth-order valence-corrected chi connectivity index (χ4v) is 2.48. The Bertz CT molecular complexity index is 914. The average molecular weight is 386 g/mol. The van der Waals surface area contributed by atoms with Crippen LogP contribution in [0.1, 0.15) is 12.5 Å². The van der Waals surface area contributed by atoms with Gasteiger partial charge in [0.05, 0.1) is 6.21 Å². The first-order valence-electron chi connectivity index (χ1n) is 9.20. The van der Waals surface area contributed by atoms with Gasteiger partial charge in [0.1, 0.15) is 11.5 Å². The number of carbonyl (C=O) groups excluding carboxylic acids is 1. The summed E-state index contributed by atoms with van der Waals surface area (Å²) in [5, 5.41) is 4.02. The number of nitrogens with zero attached hydrogens (tertiary/aromatic N) is 1. The van der Waals surface area contributed by atoms with Gasteiger partial charge in [0, 0.05) is 0 Å². The molecule has 0 fully saturated rings. The molecule has 0 saturated heterocycles. The van der Waals surface area contributed by atoms with Crippen LogP contribution >= 0.6 is 0 Å². The summed E-state index contributed by atoms with van der Waals surface area (Å²) >= 11 is 0. The zero-order valence-electron chi connectivity index (χ0n) is 16.1. The minimum atomic E-state index is -1.18. The quantitative estimate of drug-likeness (QED) is 0.347. The molecule has 0 radical (unpaired) electrons. The lowest BCUT2D eigenvalue weighted by molar-refractivity contribution is -0.140. The molecule has 0 heterocycles. The summed E-state index contributed by atoms with van der Waals surface area (Å²) in [5.74, 6) is 0.530. The van der Waals surface area contributed by atoms with E-state index in [1.165, 1.54) is 0 Å². The monoisotopic (exact) mass is 386 g/mol. The topological polar surface area (TPSA) is 59.9 Å². The van der Waals surface area contributed by atoms with Crippen LogP contribution in [0.2, 0.25) is 0 Å². The number of ether oxygens (including phenoxy) is 2. The fraction of sp³-hybridized carbons (Fsp3) is 0.0833. The molecule has 0 aliphatic carbocycles. The van der Waals surface area contributed by atoms with Crippen molar-refractivity contribution in [2.45, 2.75) is 13.2 Å². The van der Waals surface area contributed by atoms with Gasteiger partial charge in [-0.05, 0) is 42.3 Å². The number of allylic oxidation sites excluding steroid dienone is 1. The molecule has 0 aliphatic heterocycles. The van der Waals surface area contributed by atoms with E-state index in [4.69, 9.17) is 9.47 Å². The summed E-state index contributed by atoms with van der Waals surface area (Å²) in [6.07, 6.45) is 2.36. The van der Waals surface area contributed by atoms with Crippen molar-refractivity contribution in [3.05, 3.63) is 102 Å². The third-order valence-electron chi connectivity index (χ3n) is 3.82. The number of rotatable bonds is 8. The van der Waals surface area contributed by atoms with E-state index < -0.39 is 12.2 Å². The number of amides is 1. The van der Waals surface area contributed by atoms with Gasteiger partial charge in [0.2, 0.25) is 0 Å². The molecule has 1 N–H and O–H groups in total. The van der Waals surface area contributed by atoms with Crippen molar-refractivity contribution in [3.8, 4) is 11.5 Å². The van der Waals surface area contributed by atoms with Gasteiger partial charge in [-0.3, -0.25) is 4.79 Å². The van der Waals surface area contributed by atoms with Gasteiger partial charge >= 0.3 is 12.2 Å². The largest absolute Gasteiger partial charge is 0.446 e. The van der Waals surface area contributed by atoms with Crippen LogP contribution in [0.4, 0.5) is 0 Å². The second-order valence-electron chi connectivity index (χ2n) is 6.23. The van der Waals surface area contributed by atoms with Gasteiger partial charge in [-0.2, -0.15) is 5.10 Å². The van der Waals surface area contributed by atoms with Gasteiger partial charge in [-0.1, -0.05) is 72.8 Å². The van der Waals surface area contributed by atoms with E-state index in [9.17, 15) is 4.79 Å². The lowest BCUT2D eigenvalue weighted by Crippen LogP contribution is -2.40. The molecule has 0 aliphatic rings. The van der Waals surface area contributed by atoms with E-state index >= 15 is 0 Å². The lowest BCUT2D eigenvalue weighted by atomic mass is 10.1. The summed E-state index contributed by atoms with van der Waals surface area (Å²) < 4.78 is 11.4. The molecule has 0 aromatic heterocycles. The Morgan fingerprint density at radius 3 is 1.83 bits per heavy atom. The Morgan fingerprint density at radius 2 is 1.31 bits per heavy atom. The molecule has 29 heavy (non-hydrogen) atoms. The van der Waals surface area contributed by atoms with Crippen molar-refractivity contribution < 1.29 is 14.3 Å². The van der Waals surface area contributed by atoms with E-state index in [1.807, 2.05) is 79.7 Å². The molecule has 0 unspecified atom stereocenters. The highest BCUT2D eigenvalue weighted by atomic mass is 16.7. The van der Waals surface area contributed by atoms with Crippen LogP contribution in [0.25, 0.3) is 6.08 Å². The molecular weight excluding hydrogens is 364 g/mol. The van der Waals surface area contributed by atoms with Crippen molar-refractivity contribution in [2.24, 2.45) is 5.10 Å². The molecule has 0 saturated carbocycles. The predicted octanol–water partition coefficient (Wildman–Crippen LogP) is 4.68. The minimum Gasteiger partial charge on any atom is -0.446 e. The number of benzene rings is 3. The summed E-state index contributed by atoms with van der Waals surface area (Å²) in [7, 11) is 0. The number of hydrogen-bond donors (Lipinski definition) is 1. The van der Waals surface area contributed by atoms with Crippen LogP contribution in [0.15, 0.2) is 102 Å². The van der Waals surface area contributed by atoms with Crippen LogP contribution in [0.5, 0.6) is 11.5 Å². The molecule has 146 valence electrons. The number of nitrogens with one attached hydrogen (secondary N) is 1. The van der Waals surface area contributed by atoms with Crippen LogP contribution in [-0.4, -0.2) is 18.4 Å². The maximum absolute atomic E-state index is 12.6. The van der Waals surface area contributed by atoms with Crippen molar-refractivity contribution >= 4 is 18.2 Å². The first-order valence-corrected chi connectivity index (χ1v) is 9.20. The first kappa shape index (κ1) is 19.9. The molecule has 3 aromatic rings. The smallest absolute Gasteiger partial charge is 0.323 e. The highest BCUT2D eigenvalue weighted by Gasteiger charge is 2.22. The Hall–Kier alpha value is -3.86. The maximum atomic E-state index is 12.6. The van der Waals surface area contributed by atoms with Gasteiger partial charge in [-0.15, -0.1) is 0 Å². The second kappa shape index (κ2) is 10.5. The average Bonchev–Trinajstić information content (AvgIpc) is 2.75. The summed E-state index contributed by atoms with van der Waals surface area (Å²) in [6, 6.07) is 27.9. The summed E-state index contributed by atoms with van der Waals surface area (Å²) in [5.41, 5.74) is 4.43. The molecule has 0 atom stereocenters. The summed E-state index contributed by atoms with van der Waals surface area (Å²) in [4.78, 5) is 12.6. The zero-order chi connectivity index (χ0) is 20.3. The molecule has 5 nitrogen and oxygen atoms in total. The van der Waals surface area contributed by atoms with E-state index in [0.717, 1.165) is 11.1 Å². The minimum absolute atomic E-state index is 0.513. The molecule has 1 amide bonds. The predicted molar refractivity (Wildman–Crippen MR) is 115 cm³/mol. The van der Waals surface area contributed by atoms with Crippen molar-refractivity contribution in [1.29, 1.82) is 0 Å². The SMILES string of the molecule is CC(/C=N\NC(=O)C(Oc1ccccc1)Oc1ccccc1)=C/c1ccccc1. The van der Waals surface area contributed by atoms with E-state index in [1.54, 1.807) is 30.5 Å². The molecule has 5 heteroatoms. The Labute approximate surface area is 170 Å². The van der Waals surface area contributed by atoms with Crippen LogP contribution in [0, 0.1) is 0 Å².